The van der Waals surface area contributed by atoms with Crippen molar-refractivity contribution in [2.45, 2.75) is 25.3 Å². The van der Waals surface area contributed by atoms with Crippen LogP contribution in [-0.4, -0.2) is 5.11 Å². The smallest absolute Gasteiger partial charge is 0.171 e. The minimum Gasteiger partial charge on any atom is -0.356 e. The molecule has 114 valence electrons. The number of benzene rings is 2. The normalized spacial score (nSPS) is 16.7. The third kappa shape index (κ3) is 3.47. The first-order valence-corrected chi connectivity index (χ1v) is 8.44. The lowest BCUT2D eigenvalue weighted by Gasteiger charge is -2.27. The maximum absolute atomic E-state index is 13.8. The van der Waals surface area contributed by atoms with E-state index in [9.17, 15) is 4.39 Å². The maximum atomic E-state index is 13.8. The molecule has 2 aromatic carbocycles. The molecule has 22 heavy (non-hydrogen) atoms. The van der Waals surface area contributed by atoms with Crippen LogP contribution in [0.4, 0.5) is 10.1 Å². The third-order valence-corrected chi connectivity index (χ3v) is 4.57. The van der Waals surface area contributed by atoms with Crippen molar-refractivity contribution in [3.05, 3.63) is 63.9 Å². The van der Waals surface area contributed by atoms with Crippen LogP contribution in [0.15, 0.2) is 46.9 Å². The first-order valence-electron chi connectivity index (χ1n) is 7.24. The molecule has 0 amide bonds. The van der Waals surface area contributed by atoms with Crippen molar-refractivity contribution in [1.29, 1.82) is 0 Å². The average molecular weight is 379 g/mol. The summed E-state index contributed by atoms with van der Waals surface area (Å²) in [6, 6.07) is 13.5. The van der Waals surface area contributed by atoms with E-state index in [1.54, 1.807) is 12.1 Å². The van der Waals surface area contributed by atoms with Gasteiger partial charge in [-0.2, -0.15) is 0 Å². The second kappa shape index (κ2) is 6.75. The van der Waals surface area contributed by atoms with E-state index >= 15 is 0 Å². The minimum absolute atomic E-state index is 0.184. The van der Waals surface area contributed by atoms with Crippen LogP contribution < -0.4 is 10.6 Å². The summed E-state index contributed by atoms with van der Waals surface area (Å²) in [6.07, 6.45) is 3.27. The number of fused-ring (bicyclic) bond motifs is 1. The van der Waals surface area contributed by atoms with Crippen molar-refractivity contribution in [2.24, 2.45) is 0 Å². The lowest BCUT2D eigenvalue weighted by Crippen LogP contribution is -2.34. The van der Waals surface area contributed by atoms with E-state index in [0.29, 0.717) is 15.3 Å². The second-order valence-electron chi connectivity index (χ2n) is 5.37. The summed E-state index contributed by atoms with van der Waals surface area (Å²) in [5.41, 5.74) is 3.03. The molecule has 0 radical (unpaired) electrons. The van der Waals surface area contributed by atoms with Gasteiger partial charge in [0.05, 0.1) is 11.7 Å². The van der Waals surface area contributed by atoms with Gasteiger partial charge in [0.2, 0.25) is 0 Å². The van der Waals surface area contributed by atoms with E-state index in [4.69, 9.17) is 12.2 Å². The summed E-state index contributed by atoms with van der Waals surface area (Å²) in [4.78, 5) is 0. The van der Waals surface area contributed by atoms with Crippen LogP contribution in [0.5, 0.6) is 0 Å². The van der Waals surface area contributed by atoms with Crippen molar-refractivity contribution in [1.82, 2.24) is 5.32 Å². The zero-order valence-electron chi connectivity index (χ0n) is 11.9. The van der Waals surface area contributed by atoms with Gasteiger partial charge in [-0.3, -0.25) is 0 Å². The molecule has 2 nitrogen and oxygen atoms in total. The molecular weight excluding hydrogens is 363 g/mol. The zero-order chi connectivity index (χ0) is 15.5. The summed E-state index contributed by atoms with van der Waals surface area (Å²) in [5.74, 6) is -0.331. The van der Waals surface area contributed by atoms with E-state index in [1.807, 2.05) is 6.07 Å². The van der Waals surface area contributed by atoms with Gasteiger partial charge in [-0.25, -0.2) is 4.39 Å². The van der Waals surface area contributed by atoms with Gasteiger partial charge in [0, 0.05) is 4.47 Å². The molecule has 0 saturated carbocycles. The van der Waals surface area contributed by atoms with Gasteiger partial charge in [0.1, 0.15) is 5.82 Å². The number of hydrogen-bond acceptors (Lipinski definition) is 1. The second-order valence-corrected chi connectivity index (χ2v) is 6.69. The molecule has 1 aliphatic rings. The molecule has 0 spiro atoms. The molecule has 1 atom stereocenters. The Kier molecular flexibility index (Phi) is 4.74. The molecule has 0 bridgehead atoms. The first-order chi connectivity index (χ1) is 10.6. The molecule has 0 aliphatic heterocycles. The summed E-state index contributed by atoms with van der Waals surface area (Å²) in [7, 11) is 0. The Morgan fingerprint density at radius 1 is 1.23 bits per heavy atom. The Morgan fingerprint density at radius 2 is 2.05 bits per heavy atom. The molecular formula is C17H16BrFN2S. The van der Waals surface area contributed by atoms with Crippen LogP contribution in [0.25, 0.3) is 0 Å². The van der Waals surface area contributed by atoms with Crippen molar-refractivity contribution in [3.63, 3.8) is 0 Å². The predicted molar refractivity (Wildman–Crippen MR) is 95.6 cm³/mol. The molecule has 2 N–H and O–H groups in total. The number of halogens is 2. The predicted octanol–water partition coefficient (Wildman–Crippen LogP) is 4.95. The molecule has 1 aliphatic carbocycles. The van der Waals surface area contributed by atoms with Crippen molar-refractivity contribution >= 4 is 38.9 Å². The average Bonchev–Trinajstić information content (AvgIpc) is 2.50. The SMILES string of the molecule is Fc1cc(Br)ccc1NC(=S)N[C@H]1CCCc2ccccc21. The molecule has 0 heterocycles. The van der Waals surface area contributed by atoms with Gasteiger partial charge in [0.25, 0.3) is 0 Å². The van der Waals surface area contributed by atoms with E-state index in [-0.39, 0.29) is 11.9 Å². The van der Waals surface area contributed by atoms with E-state index in [0.717, 1.165) is 19.3 Å². The number of nitrogens with one attached hydrogen (secondary N) is 2. The Bertz CT molecular complexity index is 705. The highest BCUT2D eigenvalue weighted by Crippen LogP contribution is 2.29. The molecule has 5 heteroatoms. The van der Waals surface area contributed by atoms with Crippen molar-refractivity contribution in [3.8, 4) is 0 Å². The number of anilines is 1. The zero-order valence-corrected chi connectivity index (χ0v) is 14.3. The van der Waals surface area contributed by atoms with Gasteiger partial charge in [0.15, 0.2) is 5.11 Å². The third-order valence-electron chi connectivity index (χ3n) is 3.85. The number of thiocarbonyl (C=S) groups is 1. The monoisotopic (exact) mass is 378 g/mol. The lowest BCUT2D eigenvalue weighted by molar-refractivity contribution is 0.529. The quantitative estimate of drug-likeness (QED) is 0.722. The Balaban J connectivity index is 1.70. The Morgan fingerprint density at radius 3 is 2.86 bits per heavy atom. The highest BCUT2D eigenvalue weighted by Gasteiger charge is 2.20. The van der Waals surface area contributed by atoms with Crippen LogP contribution in [-0.2, 0) is 6.42 Å². The number of rotatable bonds is 2. The van der Waals surface area contributed by atoms with E-state index in [2.05, 4.69) is 44.8 Å². The Labute approximate surface area is 143 Å². The highest BCUT2D eigenvalue weighted by molar-refractivity contribution is 9.10. The largest absolute Gasteiger partial charge is 0.356 e. The maximum Gasteiger partial charge on any atom is 0.171 e. The van der Waals surface area contributed by atoms with Crippen molar-refractivity contribution in [2.75, 3.05) is 5.32 Å². The van der Waals surface area contributed by atoms with Crippen molar-refractivity contribution < 1.29 is 4.39 Å². The van der Waals surface area contributed by atoms with Gasteiger partial charge < -0.3 is 10.6 Å². The number of aryl methyl sites for hydroxylation is 1. The molecule has 0 saturated heterocycles. The van der Waals surface area contributed by atoms with Crippen LogP contribution in [0.3, 0.4) is 0 Å². The van der Waals surface area contributed by atoms with Crippen LogP contribution in [0.1, 0.15) is 30.0 Å². The van der Waals surface area contributed by atoms with E-state index in [1.165, 1.54) is 17.2 Å². The van der Waals surface area contributed by atoms with E-state index < -0.39 is 0 Å². The molecule has 2 aromatic rings. The van der Waals surface area contributed by atoms with Gasteiger partial charge in [-0.05, 0) is 60.8 Å². The summed E-state index contributed by atoms with van der Waals surface area (Å²) in [6.45, 7) is 0. The van der Waals surface area contributed by atoms with Gasteiger partial charge in [-0.15, -0.1) is 0 Å². The molecule has 0 fully saturated rings. The molecule has 3 rings (SSSR count). The number of hydrogen-bond donors (Lipinski definition) is 2. The molecule has 0 unspecified atom stereocenters. The fourth-order valence-corrected chi connectivity index (χ4v) is 3.40. The fourth-order valence-electron chi connectivity index (χ4n) is 2.81. The summed E-state index contributed by atoms with van der Waals surface area (Å²) >= 11 is 8.58. The van der Waals surface area contributed by atoms with Crippen LogP contribution >= 0.6 is 28.1 Å². The highest BCUT2D eigenvalue weighted by atomic mass is 79.9. The Hall–Kier alpha value is -1.46. The summed E-state index contributed by atoms with van der Waals surface area (Å²) in [5, 5.41) is 6.69. The van der Waals surface area contributed by atoms with Crippen LogP contribution in [0, 0.1) is 5.82 Å². The van der Waals surface area contributed by atoms with Gasteiger partial charge >= 0.3 is 0 Å². The standard InChI is InChI=1S/C17H16BrFN2S/c18-12-8-9-16(14(19)10-12)21-17(22)20-15-7-3-5-11-4-1-2-6-13(11)15/h1-2,4,6,8-10,15H,3,5,7H2,(H2,20,21,22)/t15-/m0/s1. The lowest BCUT2D eigenvalue weighted by atomic mass is 9.88. The summed E-state index contributed by atoms with van der Waals surface area (Å²) < 4.78 is 14.6. The topological polar surface area (TPSA) is 24.1 Å². The van der Waals surface area contributed by atoms with Gasteiger partial charge in [-0.1, -0.05) is 40.2 Å². The first kappa shape index (κ1) is 15.4. The fraction of sp³-hybridized carbons (Fsp3) is 0.235. The van der Waals surface area contributed by atoms with Crippen LogP contribution in [0.2, 0.25) is 0 Å². The molecule has 0 aromatic heterocycles. The minimum atomic E-state index is -0.331.